The summed E-state index contributed by atoms with van der Waals surface area (Å²) in [7, 11) is 0. The first kappa shape index (κ1) is 9.40. The van der Waals surface area contributed by atoms with Crippen molar-refractivity contribution in [1.29, 1.82) is 0 Å². The summed E-state index contributed by atoms with van der Waals surface area (Å²) in [6, 6.07) is 6.77. The Kier molecular flexibility index (Phi) is 2.63. The lowest BCUT2D eigenvalue weighted by molar-refractivity contribution is 0.628. The second-order valence-corrected chi connectivity index (χ2v) is 3.79. The van der Waals surface area contributed by atoms with Crippen LogP contribution >= 0.6 is 12.2 Å². The lowest BCUT2D eigenvalue weighted by atomic mass is 10.3. The second-order valence-electron chi connectivity index (χ2n) is 3.38. The van der Waals surface area contributed by atoms with Gasteiger partial charge < -0.3 is 10.6 Å². The van der Waals surface area contributed by atoms with Crippen LogP contribution in [0.2, 0.25) is 0 Å². The van der Waals surface area contributed by atoms with E-state index in [0.29, 0.717) is 16.8 Å². The summed E-state index contributed by atoms with van der Waals surface area (Å²) in [6.07, 6.45) is 2.34. The van der Waals surface area contributed by atoms with E-state index in [1.54, 1.807) is 12.1 Å². The molecular formula is C10H11FN2S. The molecule has 0 spiro atoms. The molecule has 74 valence electrons. The number of thiocarbonyl (C=S) groups is 1. The number of rotatable bonds is 2. The number of hydrogen-bond acceptors (Lipinski definition) is 1. The van der Waals surface area contributed by atoms with E-state index in [4.69, 9.17) is 12.2 Å². The first-order chi connectivity index (χ1) is 6.74. The van der Waals surface area contributed by atoms with Crippen LogP contribution in [-0.2, 0) is 0 Å². The Morgan fingerprint density at radius 3 is 2.86 bits per heavy atom. The molecule has 0 radical (unpaired) electrons. The first-order valence-corrected chi connectivity index (χ1v) is 4.98. The van der Waals surface area contributed by atoms with Gasteiger partial charge in [0.1, 0.15) is 5.82 Å². The maximum Gasteiger partial charge on any atom is 0.170 e. The van der Waals surface area contributed by atoms with Crippen LogP contribution in [0.1, 0.15) is 12.8 Å². The lowest BCUT2D eigenvalue weighted by Gasteiger charge is -2.09. The molecule has 2 N–H and O–H groups in total. The van der Waals surface area contributed by atoms with E-state index in [-0.39, 0.29) is 5.82 Å². The van der Waals surface area contributed by atoms with Gasteiger partial charge in [0.05, 0.1) is 0 Å². The van der Waals surface area contributed by atoms with Crippen molar-refractivity contribution >= 4 is 23.0 Å². The predicted octanol–water partition coefficient (Wildman–Crippen LogP) is 2.27. The Morgan fingerprint density at radius 1 is 1.43 bits per heavy atom. The molecule has 2 nitrogen and oxygen atoms in total. The summed E-state index contributed by atoms with van der Waals surface area (Å²) in [4.78, 5) is 0. The summed E-state index contributed by atoms with van der Waals surface area (Å²) in [5, 5.41) is 6.62. The van der Waals surface area contributed by atoms with Crippen molar-refractivity contribution in [2.75, 3.05) is 5.32 Å². The Bertz CT molecular complexity index is 350. The van der Waals surface area contributed by atoms with Gasteiger partial charge in [-0.25, -0.2) is 4.39 Å². The molecule has 1 fully saturated rings. The van der Waals surface area contributed by atoms with Crippen LogP contribution in [0.25, 0.3) is 0 Å². The van der Waals surface area contributed by atoms with Crippen molar-refractivity contribution in [3.8, 4) is 0 Å². The van der Waals surface area contributed by atoms with Crippen LogP contribution in [0.15, 0.2) is 24.3 Å². The molecule has 2 rings (SSSR count). The van der Waals surface area contributed by atoms with Crippen LogP contribution in [0.4, 0.5) is 10.1 Å². The van der Waals surface area contributed by atoms with Gasteiger partial charge in [-0.05, 0) is 43.3 Å². The van der Waals surface area contributed by atoms with Gasteiger partial charge in [-0.1, -0.05) is 6.07 Å². The number of halogens is 1. The van der Waals surface area contributed by atoms with E-state index in [2.05, 4.69) is 10.6 Å². The number of anilines is 1. The maximum atomic E-state index is 12.8. The molecule has 1 aliphatic carbocycles. The summed E-state index contributed by atoms with van der Waals surface area (Å²) in [5.41, 5.74) is 0.683. The summed E-state index contributed by atoms with van der Waals surface area (Å²) in [6.45, 7) is 0. The van der Waals surface area contributed by atoms with E-state index in [1.165, 1.54) is 25.0 Å². The van der Waals surface area contributed by atoms with Crippen molar-refractivity contribution in [3.63, 3.8) is 0 Å². The minimum Gasteiger partial charge on any atom is -0.360 e. The molecule has 0 bridgehead atoms. The monoisotopic (exact) mass is 210 g/mol. The zero-order valence-electron chi connectivity index (χ0n) is 7.59. The molecule has 1 aliphatic rings. The standard InChI is InChI=1S/C10H11FN2S/c11-7-2-1-3-9(6-7)13-10(14)12-8-4-5-8/h1-3,6,8H,4-5H2,(H2,12,13,14). The smallest absolute Gasteiger partial charge is 0.170 e. The zero-order chi connectivity index (χ0) is 9.97. The van der Waals surface area contributed by atoms with Gasteiger partial charge >= 0.3 is 0 Å². The van der Waals surface area contributed by atoms with Crippen LogP contribution in [0.5, 0.6) is 0 Å². The molecular weight excluding hydrogens is 199 g/mol. The summed E-state index contributed by atoms with van der Waals surface area (Å²) >= 11 is 5.05. The average molecular weight is 210 g/mol. The zero-order valence-corrected chi connectivity index (χ0v) is 8.40. The molecule has 0 aliphatic heterocycles. The Hall–Kier alpha value is -1.16. The minimum absolute atomic E-state index is 0.260. The number of nitrogens with one attached hydrogen (secondary N) is 2. The molecule has 14 heavy (non-hydrogen) atoms. The van der Waals surface area contributed by atoms with E-state index in [0.717, 1.165) is 0 Å². The van der Waals surface area contributed by atoms with Crippen molar-refractivity contribution in [2.24, 2.45) is 0 Å². The highest BCUT2D eigenvalue weighted by Crippen LogP contribution is 2.19. The quantitative estimate of drug-likeness (QED) is 0.732. The highest BCUT2D eigenvalue weighted by molar-refractivity contribution is 7.80. The Balaban J connectivity index is 1.92. The Labute approximate surface area is 87.5 Å². The Morgan fingerprint density at radius 2 is 2.21 bits per heavy atom. The molecule has 4 heteroatoms. The third-order valence-corrected chi connectivity index (χ3v) is 2.21. The van der Waals surface area contributed by atoms with Gasteiger partial charge in [0, 0.05) is 11.7 Å². The summed E-state index contributed by atoms with van der Waals surface area (Å²) in [5.74, 6) is -0.260. The maximum absolute atomic E-state index is 12.8. The van der Waals surface area contributed by atoms with Crippen molar-refractivity contribution in [3.05, 3.63) is 30.1 Å². The fourth-order valence-electron chi connectivity index (χ4n) is 1.15. The van der Waals surface area contributed by atoms with E-state index in [1.807, 2.05) is 0 Å². The van der Waals surface area contributed by atoms with Crippen LogP contribution in [0.3, 0.4) is 0 Å². The van der Waals surface area contributed by atoms with E-state index >= 15 is 0 Å². The highest BCUT2D eigenvalue weighted by Gasteiger charge is 2.21. The largest absolute Gasteiger partial charge is 0.360 e. The molecule has 1 aromatic carbocycles. The van der Waals surface area contributed by atoms with Crippen LogP contribution in [0, 0.1) is 5.82 Å². The van der Waals surface area contributed by atoms with Crippen molar-refractivity contribution in [2.45, 2.75) is 18.9 Å². The lowest BCUT2D eigenvalue weighted by Crippen LogP contribution is -2.30. The average Bonchev–Trinajstić information content (AvgIpc) is 2.87. The van der Waals surface area contributed by atoms with Crippen molar-refractivity contribution in [1.82, 2.24) is 5.32 Å². The van der Waals surface area contributed by atoms with Gasteiger partial charge in [0.25, 0.3) is 0 Å². The SMILES string of the molecule is Fc1cccc(NC(=S)NC2CC2)c1. The molecule has 0 heterocycles. The van der Waals surface area contributed by atoms with Gasteiger partial charge in [-0.15, -0.1) is 0 Å². The van der Waals surface area contributed by atoms with E-state index < -0.39 is 0 Å². The first-order valence-electron chi connectivity index (χ1n) is 4.57. The molecule has 0 saturated heterocycles. The topological polar surface area (TPSA) is 24.1 Å². The van der Waals surface area contributed by atoms with Crippen LogP contribution in [-0.4, -0.2) is 11.2 Å². The summed E-state index contributed by atoms with van der Waals surface area (Å²) < 4.78 is 12.8. The number of hydrogen-bond donors (Lipinski definition) is 2. The van der Waals surface area contributed by atoms with Crippen molar-refractivity contribution < 1.29 is 4.39 Å². The van der Waals surface area contributed by atoms with Gasteiger partial charge in [-0.3, -0.25) is 0 Å². The second kappa shape index (κ2) is 3.92. The van der Waals surface area contributed by atoms with E-state index in [9.17, 15) is 4.39 Å². The van der Waals surface area contributed by atoms with Gasteiger partial charge in [0.2, 0.25) is 0 Å². The molecule has 0 aromatic heterocycles. The molecule has 0 amide bonds. The third-order valence-electron chi connectivity index (χ3n) is 2.00. The highest BCUT2D eigenvalue weighted by atomic mass is 32.1. The molecule has 0 unspecified atom stereocenters. The van der Waals surface area contributed by atoms with Gasteiger partial charge in [0.15, 0.2) is 5.11 Å². The molecule has 0 atom stereocenters. The van der Waals surface area contributed by atoms with Crippen LogP contribution < -0.4 is 10.6 Å². The minimum atomic E-state index is -0.260. The fourth-order valence-corrected chi connectivity index (χ4v) is 1.43. The molecule has 1 aromatic rings. The molecule has 1 saturated carbocycles. The number of benzene rings is 1. The fraction of sp³-hybridized carbons (Fsp3) is 0.300. The third kappa shape index (κ3) is 2.67. The normalized spacial score (nSPS) is 14.9. The predicted molar refractivity (Wildman–Crippen MR) is 58.8 cm³/mol. The van der Waals surface area contributed by atoms with Gasteiger partial charge in [-0.2, -0.15) is 0 Å².